The van der Waals surface area contributed by atoms with Crippen molar-refractivity contribution in [3.05, 3.63) is 29.3 Å². The Hall–Kier alpha value is -1.59. The zero-order chi connectivity index (χ0) is 16.9. The number of carbonyl (C=O) groups is 2. The first-order valence-electron chi connectivity index (χ1n) is 8.56. The molecule has 2 fully saturated rings. The molecule has 2 aliphatic rings. The number of amides is 2. The Morgan fingerprint density at radius 1 is 1.00 bits per heavy atom. The van der Waals surface area contributed by atoms with Crippen molar-refractivity contribution in [1.82, 2.24) is 4.90 Å². The lowest BCUT2D eigenvalue weighted by Gasteiger charge is -2.33. The summed E-state index contributed by atoms with van der Waals surface area (Å²) in [5.74, 6) is 0.307. The van der Waals surface area contributed by atoms with Crippen LogP contribution in [0.3, 0.4) is 0 Å². The fourth-order valence-electron chi connectivity index (χ4n) is 3.42. The van der Waals surface area contributed by atoms with Gasteiger partial charge in [0, 0.05) is 35.6 Å². The minimum absolute atomic E-state index is 0.0191. The average Bonchev–Trinajstić information content (AvgIpc) is 2.64. The second-order valence-electron chi connectivity index (χ2n) is 6.48. The molecule has 6 heteroatoms. The Labute approximate surface area is 147 Å². The van der Waals surface area contributed by atoms with Gasteiger partial charge in [-0.3, -0.25) is 9.59 Å². The molecule has 0 unspecified atom stereocenters. The molecule has 1 aliphatic carbocycles. The maximum absolute atomic E-state index is 12.5. The van der Waals surface area contributed by atoms with E-state index >= 15 is 0 Å². The lowest BCUT2D eigenvalue weighted by molar-refractivity contribution is -0.141. The molecular weight excluding hydrogens is 328 g/mol. The SMILES string of the molecule is O=C(Nc1ccc(Cl)cc1)C1CCC(C(=O)N2CCOCC2)CC1. The van der Waals surface area contributed by atoms with E-state index in [2.05, 4.69) is 5.32 Å². The quantitative estimate of drug-likeness (QED) is 0.911. The van der Waals surface area contributed by atoms with E-state index in [1.165, 1.54) is 0 Å². The summed E-state index contributed by atoms with van der Waals surface area (Å²) in [5, 5.41) is 3.59. The van der Waals surface area contributed by atoms with Crippen LogP contribution in [0.4, 0.5) is 5.69 Å². The summed E-state index contributed by atoms with van der Waals surface area (Å²) in [6, 6.07) is 7.12. The molecule has 1 saturated carbocycles. The van der Waals surface area contributed by atoms with Crippen molar-refractivity contribution in [2.24, 2.45) is 11.8 Å². The summed E-state index contributed by atoms with van der Waals surface area (Å²) in [6.07, 6.45) is 3.10. The summed E-state index contributed by atoms with van der Waals surface area (Å²) in [7, 11) is 0. The first-order valence-corrected chi connectivity index (χ1v) is 8.94. The van der Waals surface area contributed by atoms with Crippen molar-refractivity contribution >= 4 is 29.1 Å². The maximum atomic E-state index is 12.5. The van der Waals surface area contributed by atoms with E-state index in [1.807, 2.05) is 4.90 Å². The number of hydrogen-bond acceptors (Lipinski definition) is 3. The van der Waals surface area contributed by atoms with Gasteiger partial charge in [-0.05, 0) is 49.9 Å². The van der Waals surface area contributed by atoms with Gasteiger partial charge in [-0.1, -0.05) is 11.6 Å². The summed E-state index contributed by atoms with van der Waals surface area (Å²) in [4.78, 5) is 26.8. The van der Waals surface area contributed by atoms with Gasteiger partial charge >= 0.3 is 0 Å². The second-order valence-corrected chi connectivity index (χ2v) is 6.92. The molecule has 5 nitrogen and oxygen atoms in total. The van der Waals surface area contributed by atoms with Crippen LogP contribution < -0.4 is 5.32 Å². The smallest absolute Gasteiger partial charge is 0.227 e. The highest BCUT2D eigenvalue weighted by Gasteiger charge is 2.32. The largest absolute Gasteiger partial charge is 0.378 e. The van der Waals surface area contributed by atoms with Crippen molar-refractivity contribution in [2.75, 3.05) is 31.6 Å². The minimum Gasteiger partial charge on any atom is -0.378 e. The molecule has 1 aromatic carbocycles. The Kier molecular flexibility index (Phi) is 5.74. The Morgan fingerprint density at radius 3 is 2.21 bits per heavy atom. The molecule has 130 valence electrons. The molecule has 3 rings (SSSR count). The van der Waals surface area contributed by atoms with Crippen LogP contribution in [0.15, 0.2) is 24.3 Å². The van der Waals surface area contributed by atoms with Crippen LogP contribution in [-0.4, -0.2) is 43.0 Å². The van der Waals surface area contributed by atoms with Gasteiger partial charge in [-0.15, -0.1) is 0 Å². The third-order valence-electron chi connectivity index (χ3n) is 4.88. The fraction of sp³-hybridized carbons (Fsp3) is 0.556. The van der Waals surface area contributed by atoms with E-state index < -0.39 is 0 Å². The molecule has 0 bridgehead atoms. The second kappa shape index (κ2) is 7.99. The van der Waals surface area contributed by atoms with Gasteiger partial charge in [0.2, 0.25) is 11.8 Å². The summed E-state index contributed by atoms with van der Waals surface area (Å²) < 4.78 is 5.29. The molecule has 2 amide bonds. The summed E-state index contributed by atoms with van der Waals surface area (Å²) in [5.41, 5.74) is 0.760. The Balaban J connectivity index is 1.48. The normalized spacial score (nSPS) is 24.5. The van der Waals surface area contributed by atoms with Crippen molar-refractivity contribution in [2.45, 2.75) is 25.7 Å². The number of morpholine rings is 1. The van der Waals surface area contributed by atoms with E-state index in [1.54, 1.807) is 24.3 Å². The minimum atomic E-state index is -0.0191. The molecule has 0 aromatic heterocycles. The average molecular weight is 351 g/mol. The molecule has 1 N–H and O–H groups in total. The number of nitrogens with zero attached hydrogens (tertiary/aromatic N) is 1. The van der Waals surface area contributed by atoms with Gasteiger partial charge in [-0.25, -0.2) is 0 Å². The van der Waals surface area contributed by atoms with Crippen LogP contribution in [0.1, 0.15) is 25.7 Å². The van der Waals surface area contributed by atoms with Crippen LogP contribution in [0.2, 0.25) is 5.02 Å². The molecule has 1 aliphatic heterocycles. The zero-order valence-electron chi connectivity index (χ0n) is 13.7. The predicted molar refractivity (Wildman–Crippen MR) is 92.9 cm³/mol. The van der Waals surface area contributed by atoms with Gasteiger partial charge in [-0.2, -0.15) is 0 Å². The van der Waals surface area contributed by atoms with E-state index in [9.17, 15) is 9.59 Å². The van der Waals surface area contributed by atoms with Gasteiger partial charge in [0.25, 0.3) is 0 Å². The highest BCUT2D eigenvalue weighted by Crippen LogP contribution is 2.31. The highest BCUT2D eigenvalue weighted by atomic mass is 35.5. The number of anilines is 1. The van der Waals surface area contributed by atoms with Crippen LogP contribution in [0.25, 0.3) is 0 Å². The molecular formula is C18H23ClN2O3. The molecule has 1 aromatic rings. The monoisotopic (exact) mass is 350 g/mol. The number of benzene rings is 1. The molecule has 0 radical (unpaired) electrons. The van der Waals surface area contributed by atoms with Crippen LogP contribution >= 0.6 is 11.6 Å². The van der Waals surface area contributed by atoms with Gasteiger partial charge in [0.15, 0.2) is 0 Å². The molecule has 0 atom stereocenters. The van der Waals surface area contributed by atoms with Gasteiger partial charge in [0.05, 0.1) is 13.2 Å². The third-order valence-corrected chi connectivity index (χ3v) is 5.13. The lowest BCUT2D eigenvalue weighted by atomic mass is 9.81. The number of ether oxygens (including phenoxy) is 1. The maximum Gasteiger partial charge on any atom is 0.227 e. The number of hydrogen-bond donors (Lipinski definition) is 1. The van der Waals surface area contributed by atoms with Crippen molar-refractivity contribution in [3.8, 4) is 0 Å². The number of halogens is 1. The van der Waals surface area contributed by atoms with Crippen molar-refractivity contribution < 1.29 is 14.3 Å². The third kappa shape index (κ3) is 4.28. The van der Waals surface area contributed by atoms with Crippen LogP contribution in [0, 0.1) is 11.8 Å². The van der Waals surface area contributed by atoms with Gasteiger partial charge < -0.3 is 15.0 Å². The molecule has 24 heavy (non-hydrogen) atoms. The number of carbonyl (C=O) groups excluding carboxylic acids is 2. The number of nitrogens with one attached hydrogen (secondary N) is 1. The van der Waals surface area contributed by atoms with E-state index in [0.717, 1.165) is 31.4 Å². The zero-order valence-corrected chi connectivity index (χ0v) is 14.4. The molecule has 0 spiro atoms. The number of rotatable bonds is 3. The van der Waals surface area contributed by atoms with Crippen molar-refractivity contribution in [1.29, 1.82) is 0 Å². The highest BCUT2D eigenvalue weighted by molar-refractivity contribution is 6.30. The van der Waals surface area contributed by atoms with Crippen LogP contribution in [-0.2, 0) is 14.3 Å². The van der Waals surface area contributed by atoms with Crippen LogP contribution in [0.5, 0.6) is 0 Å². The Bertz CT molecular complexity index is 576. The predicted octanol–water partition coefficient (Wildman–Crippen LogP) is 2.94. The molecule has 1 heterocycles. The lowest BCUT2D eigenvalue weighted by Crippen LogP contribution is -2.44. The van der Waals surface area contributed by atoms with E-state index in [4.69, 9.17) is 16.3 Å². The first kappa shape index (κ1) is 17.2. The standard InChI is InChI=1S/C18H23ClN2O3/c19-15-5-7-16(8-6-15)20-17(22)13-1-3-14(4-2-13)18(23)21-9-11-24-12-10-21/h5-8,13-14H,1-4,9-12H2,(H,20,22). The topological polar surface area (TPSA) is 58.6 Å². The Morgan fingerprint density at radius 2 is 1.58 bits per heavy atom. The fourth-order valence-corrected chi connectivity index (χ4v) is 3.55. The van der Waals surface area contributed by atoms with E-state index in [0.29, 0.717) is 31.3 Å². The summed E-state index contributed by atoms with van der Waals surface area (Å²) >= 11 is 5.85. The van der Waals surface area contributed by atoms with E-state index in [-0.39, 0.29) is 23.7 Å². The molecule has 1 saturated heterocycles. The van der Waals surface area contributed by atoms with Gasteiger partial charge in [0.1, 0.15) is 0 Å². The van der Waals surface area contributed by atoms with Crippen molar-refractivity contribution in [3.63, 3.8) is 0 Å². The first-order chi connectivity index (χ1) is 11.6. The summed E-state index contributed by atoms with van der Waals surface area (Å²) in [6.45, 7) is 2.64.